The lowest BCUT2D eigenvalue weighted by Crippen LogP contribution is -2.57. The van der Waals surface area contributed by atoms with Crippen molar-refractivity contribution in [3.8, 4) is 6.07 Å². The molecule has 2 aliphatic rings. The van der Waals surface area contributed by atoms with Crippen molar-refractivity contribution in [2.45, 2.75) is 39.0 Å². The fourth-order valence-electron chi connectivity index (χ4n) is 3.84. The second kappa shape index (κ2) is 6.91. The number of rotatable bonds is 1. The Hall–Kier alpha value is -2.80. The van der Waals surface area contributed by atoms with Crippen molar-refractivity contribution in [1.82, 2.24) is 14.9 Å². The van der Waals surface area contributed by atoms with Gasteiger partial charge in [-0.2, -0.15) is 18.4 Å². The molecular weight excluding hydrogens is 389 g/mol. The van der Waals surface area contributed by atoms with Crippen molar-refractivity contribution < 1.29 is 27.5 Å². The minimum atomic E-state index is -4.81. The second-order valence-corrected chi connectivity index (χ2v) is 7.88. The molecule has 1 aliphatic carbocycles. The average molecular weight is 408 g/mol. The van der Waals surface area contributed by atoms with E-state index in [-0.39, 0.29) is 43.3 Å². The molecule has 1 amide bonds. The van der Waals surface area contributed by atoms with Crippen LogP contribution < -0.4 is 0 Å². The Balaban J connectivity index is 1.97. The van der Waals surface area contributed by atoms with Gasteiger partial charge in [-0.25, -0.2) is 9.97 Å². The Labute approximate surface area is 165 Å². The van der Waals surface area contributed by atoms with Crippen LogP contribution in [-0.4, -0.2) is 51.9 Å². The highest BCUT2D eigenvalue weighted by Crippen LogP contribution is 2.41. The first-order chi connectivity index (χ1) is 13.4. The van der Waals surface area contributed by atoms with E-state index in [1.54, 1.807) is 13.8 Å². The molecule has 0 saturated carbocycles. The molecule has 10 heteroatoms. The number of allylic oxidation sites excluding steroid dienone is 1. The van der Waals surface area contributed by atoms with Gasteiger partial charge in [0.25, 0.3) is 5.91 Å². The van der Waals surface area contributed by atoms with Crippen LogP contribution >= 0.6 is 0 Å². The highest BCUT2D eigenvalue weighted by Gasteiger charge is 2.49. The number of hydrogen-bond acceptors (Lipinski definition) is 6. The fourth-order valence-corrected chi connectivity index (χ4v) is 3.84. The predicted molar refractivity (Wildman–Crippen MR) is 93.5 cm³/mol. The molecule has 1 fully saturated rings. The van der Waals surface area contributed by atoms with Crippen molar-refractivity contribution in [1.29, 1.82) is 5.26 Å². The second-order valence-electron chi connectivity index (χ2n) is 7.88. The average Bonchev–Trinajstić information content (AvgIpc) is 2.63. The van der Waals surface area contributed by atoms with Crippen molar-refractivity contribution in [2.75, 3.05) is 19.7 Å². The van der Waals surface area contributed by atoms with E-state index in [0.717, 1.165) is 6.20 Å². The number of hydrogen-bond donors (Lipinski definition) is 0. The fraction of sp³-hybridized carbons (Fsp3) is 0.526. The lowest BCUT2D eigenvalue weighted by Gasteiger charge is -2.46. The van der Waals surface area contributed by atoms with Gasteiger partial charge >= 0.3 is 6.18 Å². The number of ketones is 1. The molecule has 0 radical (unpaired) electrons. The molecule has 1 aromatic rings. The van der Waals surface area contributed by atoms with Crippen molar-refractivity contribution in [2.24, 2.45) is 5.41 Å². The van der Waals surface area contributed by atoms with E-state index in [1.165, 1.54) is 17.9 Å². The number of nitriles is 1. The Morgan fingerprint density at radius 2 is 2.07 bits per heavy atom. The number of carbonyl (C=O) groups is 2. The van der Waals surface area contributed by atoms with Gasteiger partial charge in [0.2, 0.25) is 0 Å². The SMILES string of the molecule is Cc1ncc(C(=O)N2CCOC3(C=C(C#N)C(=O)C(C)(C)C3)C2)c(C(F)(F)F)n1. The zero-order valence-electron chi connectivity index (χ0n) is 16.1. The Bertz CT molecular complexity index is 949. The minimum absolute atomic E-state index is 0.0548. The molecule has 1 saturated heterocycles. The number of Topliss-reactive ketones (excluding diaryl/α,β-unsaturated/α-hetero) is 1. The van der Waals surface area contributed by atoms with E-state index in [2.05, 4.69) is 9.97 Å². The molecule has 3 rings (SSSR count). The van der Waals surface area contributed by atoms with E-state index >= 15 is 0 Å². The van der Waals surface area contributed by atoms with Crippen molar-refractivity contribution in [3.05, 3.63) is 34.9 Å². The first-order valence-corrected chi connectivity index (χ1v) is 8.90. The molecule has 0 bridgehead atoms. The van der Waals surface area contributed by atoms with Crippen molar-refractivity contribution >= 4 is 11.7 Å². The number of nitrogens with zero attached hydrogens (tertiary/aromatic N) is 4. The monoisotopic (exact) mass is 408 g/mol. The first kappa shape index (κ1) is 20.9. The number of carbonyl (C=O) groups excluding carboxylic acids is 2. The third-order valence-electron chi connectivity index (χ3n) is 5.03. The number of amides is 1. The van der Waals surface area contributed by atoms with Gasteiger partial charge < -0.3 is 9.64 Å². The van der Waals surface area contributed by atoms with E-state index in [9.17, 15) is 28.0 Å². The third-order valence-corrected chi connectivity index (χ3v) is 5.03. The van der Waals surface area contributed by atoms with Gasteiger partial charge in [-0.05, 0) is 19.4 Å². The van der Waals surface area contributed by atoms with E-state index in [0.29, 0.717) is 0 Å². The van der Waals surface area contributed by atoms with Gasteiger partial charge in [0.1, 0.15) is 17.5 Å². The van der Waals surface area contributed by atoms with Crippen LogP contribution in [-0.2, 0) is 15.7 Å². The molecule has 0 aromatic carbocycles. The number of aromatic nitrogens is 2. The summed E-state index contributed by atoms with van der Waals surface area (Å²) >= 11 is 0. The summed E-state index contributed by atoms with van der Waals surface area (Å²) < 4.78 is 46.0. The third kappa shape index (κ3) is 3.87. The van der Waals surface area contributed by atoms with Crippen LogP contribution in [0.5, 0.6) is 0 Å². The number of morpholine rings is 1. The van der Waals surface area contributed by atoms with E-state index < -0.39 is 34.4 Å². The van der Waals surface area contributed by atoms with Crippen LogP contribution in [0.1, 0.15) is 42.1 Å². The van der Waals surface area contributed by atoms with E-state index in [4.69, 9.17) is 4.74 Å². The zero-order chi connectivity index (χ0) is 21.6. The summed E-state index contributed by atoms with van der Waals surface area (Å²) in [6.45, 7) is 4.68. The largest absolute Gasteiger partial charge is 0.434 e. The van der Waals surface area contributed by atoms with Gasteiger partial charge in [-0.1, -0.05) is 13.8 Å². The maximum atomic E-state index is 13.4. The number of halogens is 3. The minimum Gasteiger partial charge on any atom is -0.367 e. The normalized spacial score (nSPS) is 24.2. The standard InChI is InChI=1S/C19H19F3N4O3/c1-11-24-8-13(14(25-11)19(20,21)22)16(28)26-4-5-29-18(10-26)6-12(7-23)15(27)17(2,3)9-18/h6,8H,4-5,9-10H2,1-3H3. The molecule has 29 heavy (non-hydrogen) atoms. The highest BCUT2D eigenvalue weighted by atomic mass is 19.4. The molecule has 1 spiro atoms. The first-order valence-electron chi connectivity index (χ1n) is 8.90. The summed E-state index contributed by atoms with van der Waals surface area (Å²) in [6.07, 6.45) is -2.35. The Morgan fingerprint density at radius 3 is 2.69 bits per heavy atom. The van der Waals surface area contributed by atoms with Gasteiger partial charge in [-0.3, -0.25) is 9.59 Å². The number of aryl methyl sites for hydroxylation is 1. The molecule has 1 aliphatic heterocycles. The predicted octanol–water partition coefficient (Wildman–Crippen LogP) is 2.46. The maximum absolute atomic E-state index is 13.4. The molecule has 1 unspecified atom stereocenters. The Morgan fingerprint density at radius 1 is 1.38 bits per heavy atom. The lowest BCUT2D eigenvalue weighted by atomic mass is 9.69. The van der Waals surface area contributed by atoms with Gasteiger partial charge in [-0.15, -0.1) is 0 Å². The summed E-state index contributed by atoms with van der Waals surface area (Å²) in [5, 5.41) is 9.30. The zero-order valence-corrected chi connectivity index (χ0v) is 16.1. The number of alkyl halides is 3. The van der Waals surface area contributed by atoms with Gasteiger partial charge in [0.15, 0.2) is 11.5 Å². The molecule has 0 N–H and O–H groups in total. The van der Waals surface area contributed by atoms with E-state index in [1.807, 2.05) is 6.07 Å². The maximum Gasteiger partial charge on any atom is 0.434 e. The summed E-state index contributed by atoms with van der Waals surface area (Å²) in [4.78, 5) is 33.7. The lowest BCUT2D eigenvalue weighted by molar-refractivity contribution is -0.142. The molecule has 1 aromatic heterocycles. The summed E-state index contributed by atoms with van der Waals surface area (Å²) in [6, 6.07) is 1.85. The van der Waals surface area contributed by atoms with Gasteiger partial charge in [0.05, 0.1) is 24.3 Å². The van der Waals surface area contributed by atoms with Crippen LogP contribution in [0.2, 0.25) is 0 Å². The summed E-state index contributed by atoms with van der Waals surface area (Å²) in [7, 11) is 0. The topological polar surface area (TPSA) is 96.2 Å². The highest BCUT2D eigenvalue weighted by molar-refractivity contribution is 6.04. The van der Waals surface area contributed by atoms with Crippen molar-refractivity contribution in [3.63, 3.8) is 0 Å². The summed E-state index contributed by atoms with van der Waals surface area (Å²) in [5.74, 6) is -1.30. The van der Waals surface area contributed by atoms with Crippen LogP contribution in [0.4, 0.5) is 13.2 Å². The Kier molecular flexibility index (Phi) is 4.99. The molecule has 2 heterocycles. The molecule has 154 valence electrons. The van der Waals surface area contributed by atoms with Crippen LogP contribution in [0.25, 0.3) is 0 Å². The van der Waals surface area contributed by atoms with Crippen LogP contribution in [0, 0.1) is 23.7 Å². The van der Waals surface area contributed by atoms with Crippen LogP contribution in [0.15, 0.2) is 17.8 Å². The van der Waals surface area contributed by atoms with Crippen LogP contribution in [0.3, 0.4) is 0 Å². The summed E-state index contributed by atoms with van der Waals surface area (Å²) in [5.41, 5.74) is -4.04. The molecule has 7 nitrogen and oxygen atoms in total. The molecule has 1 atom stereocenters. The molecular formula is C19H19F3N4O3. The van der Waals surface area contributed by atoms with Gasteiger partial charge in [0, 0.05) is 18.2 Å². The smallest absolute Gasteiger partial charge is 0.367 e. The quantitative estimate of drug-likeness (QED) is 0.708. The number of ether oxygens (including phenoxy) is 1.